The van der Waals surface area contributed by atoms with E-state index in [4.69, 9.17) is 9.15 Å². The Kier molecular flexibility index (Phi) is 4.12. The Labute approximate surface area is 135 Å². The molecule has 2 aromatic carbocycles. The van der Waals surface area contributed by atoms with Gasteiger partial charge in [-0.25, -0.2) is 0 Å². The molecule has 3 nitrogen and oxygen atoms in total. The molecule has 0 fully saturated rings. The minimum Gasteiger partial charge on any atom is -0.457 e. The standard InChI is InChI=1S/C18H11F3O3/c19-18(20,21)16-10-13(23-12-4-2-1-3-5-12)6-8-15(16)17-9-7-14(11-22)24-17/h1-11H. The first-order valence-corrected chi connectivity index (χ1v) is 6.97. The predicted octanol–water partition coefficient (Wildman–Crippen LogP) is 5.57. The second kappa shape index (κ2) is 6.23. The van der Waals surface area contributed by atoms with Crippen LogP contribution in [0.3, 0.4) is 0 Å². The Hall–Kier alpha value is -3.02. The zero-order valence-corrected chi connectivity index (χ0v) is 12.2. The second-order valence-electron chi connectivity index (χ2n) is 4.94. The first-order chi connectivity index (χ1) is 11.5. The molecule has 0 bridgehead atoms. The van der Waals surface area contributed by atoms with Gasteiger partial charge in [-0.2, -0.15) is 13.2 Å². The highest BCUT2D eigenvalue weighted by molar-refractivity contribution is 5.74. The third-order valence-electron chi connectivity index (χ3n) is 3.28. The van der Waals surface area contributed by atoms with Crippen molar-refractivity contribution in [2.45, 2.75) is 6.18 Å². The molecule has 0 aliphatic carbocycles. The average molecular weight is 332 g/mol. The molecule has 0 radical (unpaired) electrons. The van der Waals surface area contributed by atoms with Gasteiger partial charge in [0.05, 0.1) is 5.56 Å². The van der Waals surface area contributed by atoms with Gasteiger partial charge in [0.1, 0.15) is 17.3 Å². The predicted molar refractivity (Wildman–Crippen MR) is 81.0 cm³/mol. The van der Waals surface area contributed by atoms with Crippen molar-refractivity contribution in [1.29, 1.82) is 0 Å². The number of ether oxygens (including phenoxy) is 1. The number of hydrogen-bond donors (Lipinski definition) is 0. The van der Waals surface area contributed by atoms with Crippen molar-refractivity contribution in [3.05, 3.63) is 72.0 Å². The summed E-state index contributed by atoms with van der Waals surface area (Å²) in [6.45, 7) is 0. The number of hydrogen-bond acceptors (Lipinski definition) is 3. The van der Waals surface area contributed by atoms with Crippen LogP contribution in [-0.2, 0) is 6.18 Å². The second-order valence-corrected chi connectivity index (χ2v) is 4.94. The molecule has 0 aliphatic rings. The summed E-state index contributed by atoms with van der Waals surface area (Å²) < 4.78 is 50.7. The molecule has 0 amide bonds. The van der Waals surface area contributed by atoms with Gasteiger partial charge in [0, 0.05) is 5.56 Å². The van der Waals surface area contributed by atoms with Crippen LogP contribution in [0.15, 0.2) is 65.1 Å². The Morgan fingerprint density at radius 2 is 1.67 bits per heavy atom. The normalized spacial score (nSPS) is 11.3. The van der Waals surface area contributed by atoms with Crippen molar-refractivity contribution in [2.24, 2.45) is 0 Å². The van der Waals surface area contributed by atoms with E-state index in [1.54, 1.807) is 30.3 Å². The van der Waals surface area contributed by atoms with Gasteiger partial charge < -0.3 is 9.15 Å². The molecule has 6 heteroatoms. The molecule has 24 heavy (non-hydrogen) atoms. The molecule has 3 aromatic rings. The number of rotatable bonds is 4. The Bertz CT molecular complexity index is 851. The van der Waals surface area contributed by atoms with E-state index in [2.05, 4.69) is 0 Å². The van der Waals surface area contributed by atoms with Gasteiger partial charge in [0.15, 0.2) is 12.0 Å². The largest absolute Gasteiger partial charge is 0.457 e. The first kappa shape index (κ1) is 15.9. The minimum atomic E-state index is -4.60. The topological polar surface area (TPSA) is 39.4 Å². The molecule has 0 aliphatic heterocycles. The van der Waals surface area contributed by atoms with Gasteiger partial charge in [0.25, 0.3) is 0 Å². The average Bonchev–Trinajstić information content (AvgIpc) is 3.04. The van der Waals surface area contributed by atoms with Gasteiger partial charge in [-0.15, -0.1) is 0 Å². The Balaban J connectivity index is 2.02. The van der Waals surface area contributed by atoms with Gasteiger partial charge in [-0.05, 0) is 42.5 Å². The number of benzene rings is 2. The maximum atomic E-state index is 13.4. The summed E-state index contributed by atoms with van der Waals surface area (Å²) in [4.78, 5) is 10.7. The van der Waals surface area contributed by atoms with E-state index in [1.165, 1.54) is 24.3 Å². The fourth-order valence-electron chi connectivity index (χ4n) is 2.22. The highest BCUT2D eigenvalue weighted by Gasteiger charge is 2.35. The van der Waals surface area contributed by atoms with E-state index < -0.39 is 11.7 Å². The number of halogens is 3. The molecule has 3 rings (SSSR count). The van der Waals surface area contributed by atoms with Crippen LogP contribution in [0, 0.1) is 0 Å². The summed E-state index contributed by atoms with van der Waals surface area (Å²) in [5.41, 5.74) is -1.06. The number of furan rings is 1. The molecular weight excluding hydrogens is 321 g/mol. The zero-order chi connectivity index (χ0) is 17.2. The number of alkyl halides is 3. The van der Waals surface area contributed by atoms with Crippen LogP contribution in [-0.4, -0.2) is 6.29 Å². The van der Waals surface area contributed by atoms with E-state index in [0.29, 0.717) is 12.0 Å². The van der Waals surface area contributed by atoms with Crippen LogP contribution in [0.1, 0.15) is 16.1 Å². The number of aldehydes is 1. The Morgan fingerprint density at radius 3 is 2.29 bits per heavy atom. The summed E-state index contributed by atoms with van der Waals surface area (Å²) in [6.07, 6.45) is -4.16. The molecule has 0 unspecified atom stereocenters. The quantitative estimate of drug-likeness (QED) is 0.586. The van der Waals surface area contributed by atoms with E-state index in [9.17, 15) is 18.0 Å². The zero-order valence-electron chi connectivity index (χ0n) is 12.2. The molecule has 122 valence electrons. The highest BCUT2D eigenvalue weighted by atomic mass is 19.4. The summed E-state index contributed by atoms with van der Waals surface area (Å²) in [6, 6.07) is 14.7. The fraction of sp³-hybridized carbons (Fsp3) is 0.0556. The minimum absolute atomic E-state index is 0.0318. The molecule has 0 atom stereocenters. The fourth-order valence-corrected chi connectivity index (χ4v) is 2.22. The van der Waals surface area contributed by atoms with Gasteiger partial charge in [0.2, 0.25) is 0 Å². The summed E-state index contributed by atoms with van der Waals surface area (Å²) >= 11 is 0. The molecule has 0 N–H and O–H groups in total. The summed E-state index contributed by atoms with van der Waals surface area (Å²) in [5, 5.41) is 0. The molecule has 0 saturated heterocycles. The van der Waals surface area contributed by atoms with Crippen LogP contribution in [0.5, 0.6) is 11.5 Å². The van der Waals surface area contributed by atoms with Crippen LogP contribution < -0.4 is 4.74 Å². The maximum absolute atomic E-state index is 13.4. The molecule has 0 saturated carbocycles. The van der Waals surface area contributed by atoms with Crippen molar-refractivity contribution in [2.75, 3.05) is 0 Å². The smallest absolute Gasteiger partial charge is 0.417 e. The van der Waals surface area contributed by atoms with Crippen LogP contribution in [0.25, 0.3) is 11.3 Å². The third kappa shape index (κ3) is 3.32. The SMILES string of the molecule is O=Cc1ccc(-c2ccc(Oc3ccccc3)cc2C(F)(F)F)o1. The third-order valence-corrected chi connectivity index (χ3v) is 3.28. The molecule has 1 heterocycles. The number of carbonyl (C=O) groups excluding carboxylic acids is 1. The van der Waals surface area contributed by atoms with E-state index in [1.807, 2.05) is 0 Å². The van der Waals surface area contributed by atoms with Crippen molar-refractivity contribution in [3.8, 4) is 22.8 Å². The van der Waals surface area contributed by atoms with Crippen molar-refractivity contribution in [3.63, 3.8) is 0 Å². The van der Waals surface area contributed by atoms with Gasteiger partial charge in [-0.1, -0.05) is 18.2 Å². The first-order valence-electron chi connectivity index (χ1n) is 6.97. The summed E-state index contributed by atoms with van der Waals surface area (Å²) in [5.74, 6) is 0.414. The van der Waals surface area contributed by atoms with E-state index in [0.717, 1.165) is 6.07 Å². The lowest BCUT2D eigenvalue weighted by molar-refractivity contribution is -0.137. The van der Waals surface area contributed by atoms with Crippen LogP contribution in [0.4, 0.5) is 13.2 Å². The molecular formula is C18H11F3O3. The molecule has 1 aromatic heterocycles. The van der Waals surface area contributed by atoms with Gasteiger partial charge in [-0.3, -0.25) is 4.79 Å². The van der Waals surface area contributed by atoms with E-state index in [-0.39, 0.29) is 22.8 Å². The van der Waals surface area contributed by atoms with Gasteiger partial charge >= 0.3 is 6.18 Å². The van der Waals surface area contributed by atoms with Crippen molar-refractivity contribution in [1.82, 2.24) is 0 Å². The highest BCUT2D eigenvalue weighted by Crippen LogP contribution is 2.40. The number of para-hydroxylation sites is 1. The lowest BCUT2D eigenvalue weighted by Crippen LogP contribution is -2.07. The number of carbonyl (C=O) groups is 1. The molecule has 0 spiro atoms. The van der Waals surface area contributed by atoms with E-state index >= 15 is 0 Å². The summed E-state index contributed by atoms with van der Waals surface area (Å²) in [7, 11) is 0. The lowest BCUT2D eigenvalue weighted by Gasteiger charge is -2.14. The maximum Gasteiger partial charge on any atom is 0.417 e. The van der Waals surface area contributed by atoms with Crippen LogP contribution in [0.2, 0.25) is 0 Å². The lowest BCUT2D eigenvalue weighted by atomic mass is 10.0. The van der Waals surface area contributed by atoms with Crippen molar-refractivity contribution < 1.29 is 27.1 Å². The van der Waals surface area contributed by atoms with Crippen LogP contribution >= 0.6 is 0 Å². The van der Waals surface area contributed by atoms with Crippen molar-refractivity contribution >= 4 is 6.29 Å². The monoisotopic (exact) mass is 332 g/mol. The Morgan fingerprint density at radius 1 is 0.917 bits per heavy atom.